The lowest BCUT2D eigenvalue weighted by atomic mass is 10.5. The lowest BCUT2D eigenvalue weighted by Crippen LogP contribution is -2.34. The molecule has 0 atom stereocenters. The van der Waals surface area contributed by atoms with Crippen molar-refractivity contribution in [3.8, 4) is 0 Å². The predicted octanol–water partition coefficient (Wildman–Crippen LogP) is -0.0496. The highest BCUT2D eigenvalue weighted by molar-refractivity contribution is 5.38. The molecule has 0 aliphatic carbocycles. The second-order valence-electron chi connectivity index (χ2n) is 2.23. The van der Waals surface area contributed by atoms with Crippen LogP contribution in [0.2, 0.25) is 0 Å². The Morgan fingerprint density at radius 1 is 1.64 bits per heavy atom. The van der Waals surface area contributed by atoms with Gasteiger partial charge in [0.15, 0.2) is 12.1 Å². The van der Waals surface area contributed by atoms with Crippen molar-refractivity contribution >= 4 is 5.82 Å². The van der Waals surface area contributed by atoms with E-state index in [0.717, 1.165) is 19.0 Å². The molecule has 0 fully saturated rings. The van der Waals surface area contributed by atoms with Crippen LogP contribution < -0.4 is 10.2 Å². The molecule has 11 heavy (non-hydrogen) atoms. The first-order chi connectivity index (χ1) is 5.47. The van der Waals surface area contributed by atoms with Crippen molar-refractivity contribution in [1.29, 1.82) is 0 Å². The number of nitrogens with zero attached hydrogens (tertiary/aromatic N) is 3. The van der Waals surface area contributed by atoms with Crippen LogP contribution >= 0.6 is 0 Å². The molecular weight excluding hydrogens is 144 g/mol. The van der Waals surface area contributed by atoms with Crippen LogP contribution in [0, 0.1) is 0 Å². The van der Waals surface area contributed by atoms with Crippen LogP contribution in [0.25, 0.3) is 0 Å². The monoisotopic (exact) mass is 152 g/mol. The van der Waals surface area contributed by atoms with Gasteiger partial charge in [-0.1, -0.05) is 11.2 Å². The molecule has 2 heterocycles. The Morgan fingerprint density at radius 3 is 3.27 bits per heavy atom. The van der Waals surface area contributed by atoms with Gasteiger partial charge < -0.3 is 9.42 Å². The molecule has 0 radical (unpaired) electrons. The van der Waals surface area contributed by atoms with Crippen LogP contribution in [0.15, 0.2) is 23.1 Å². The normalized spacial score (nSPS) is 17.3. The fourth-order valence-electron chi connectivity index (χ4n) is 0.943. The van der Waals surface area contributed by atoms with E-state index in [-0.39, 0.29) is 0 Å². The van der Waals surface area contributed by atoms with E-state index in [4.69, 9.17) is 0 Å². The number of hydrogen-bond acceptors (Lipinski definition) is 5. The minimum Gasteiger partial charge on any atom is -0.343 e. The van der Waals surface area contributed by atoms with E-state index >= 15 is 0 Å². The van der Waals surface area contributed by atoms with Gasteiger partial charge in [-0.05, 0) is 0 Å². The number of hydrogen-bond donors (Lipinski definition) is 1. The molecule has 1 aliphatic rings. The molecular formula is C6H8N4O. The Hall–Kier alpha value is -1.36. The van der Waals surface area contributed by atoms with Crippen LogP contribution in [0.3, 0.4) is 0 Å². The summed E-state index contributed by atoms with van der Waals surface area (Å²) < 4.78 is 4.60. The van der Waals surface area contributed by atoms with Gasteiger partial charge in [0.1, 0.15) is 0 Å². The van der Waals surface area contributed by atoms with Gasteiger partial charge >= 0.3 is 0 Å². The fourth-order valence-corrected chi connectivity index (χ4v) is 0.943. The molecule has 0 bridgehead atoms. The minimum atomic E-state index is 0.730. The maximum Gasteiger partial charge on any atom is 0.197 e. The lowest BCUT2D eigenvalue weighted by molar-refractivity contribution is 0.393. The molecule has 1 aromatic heterocycles. The number of nitrogens with one attached hydrogen (secondary N) is 1. The van der Waals surface area contributed by atoms with Crippen molar-refractivity contribution in [2.24, 2.45) is 0 Å². The predicted molar refractivity (Wildman–Crippen MR) is 38.8 cm³/mol. The van der Waals surface area contributed by atoms with Gasteiger partial charge in [-0.15, -0.1) is 0 Å². The third kappa shape index (κ3) is 1.22. The molecule has 2 rings (SSSR count). The lowest BCUT2D eigenvalue weighted by Gasteiger charge is -2.20. The first-order valence-electron chi connectivity index (χ1n) is 3.38. The highest BCUT2D eigenvalue weighted by Gasteiger charge is 2.07. The van der Waals surface area contributed by atoms with E-state index in [1.54, 1.807) is 0 Å². The molecule has 1 aromatic rings. The van der Waals surface area contributed by atoms with Gasteiger partial charge in [-0.3, -0.25) is 5.32 Å². The van der Waals surface area contributed by atoms with Crippen LogP contribution in [-0.4, -0.2) is 23.6 Å². The molecule has 0 unspecified atom stereocenters. The molecule has 5 nitrogen and oxygen atoms in total. The topological polar surface area (TPSA) is 54.2 Å². The summed E-state index contributed by atoms with van der Waals surface area (Å²) in [6, 6.07) is 0. The van der Waals surface area contributed by atoms with Crippen molar-refractivity contribution in [3.63, 3.8) is 0 Å². The molecule has 0 saturated heterocycles. The van der Waals surface area contributed by atoms with Gasteiger partial charge in [-0.2, -0.15) is 0 Å². The zero-order valence-corrected chi connectivity index (χ0v) is 5.90. The summed E-state index contributed by atoms with van der Waals surface area (Å²) >= 11 is 0. The Morgan fingerprint density at radius 2 is 2.64 bits per heavy atom. The van der Waals surface area contributed by atoms with Crippen LogP contribution in [0.4, 0.5) is 5.82 Å². The summed E-state index contributed by atoms with van der Waals surface area (Å²) in [7, 11) is 0. The van der Waals surface area contributed by atoms with Crippen LogP contribution in [0.5, 0.6) is 0 Å². The highest BCUT2D eigenvalue weighted by atomic mass is 16.5. The summed E-state index contributed by atoms with van der Waals surface area (Å²) in [4.78, 5) is 1.92. The van der Waals surface area contributed by atoms with Crippen LogP contribution in [-0.2, 0) is 0 Å². The van der Waals surface area contributed by atoms with E-state index in [2.05, 4.69) is 20.2 Å². The van der Waals surface area contributed by atoms with Crippen molar-refractivity contribution in [2.75, 3.05) is 18.1 Å². The number of anilines is 1. The van der Waals surface area contributed by atoms with Crippen molar-refractivity contribution < 1.29 is 4.52 Å². The molecule has 58 valence electrons. The third-order valence-electron chi connectivity index (χ3n) is 1.47. The van der Waals surface area contributed by atoms with Gasteiger partial charge in [0.25, 0.3) is 0 Å². The molecule has 1 N–H and O–H groups in total. The van der Waals surface area contributed by atoms with Crippen molar-refractivity contribution in [2.45, 2.75) is 0 Å². The Labute approximate surface area is 63.7 Å². The molecule has 0 amide bonds. The maximum atomic E-state index is 4.60. The van der Waals surface area contributed by atoms with E-state index in [9.17, 15) is 0 Å². The quantitative estimate of drug-likeness (QED) is 0.611. The Bertz CT molecular complexity index is 243. The van der Waals surface area contributed by atoms with Gasteiger partial charge in [0.2, 0.25) is 0 Å². The SMILES string of the molecule is C1=CN(c2conn2)CNC1. The van der Waals surface area contributed by atoms with Crippen LogP contribution in [0.1, 0.15) is 0 Å². The second-order valence-corrected chi connectivity index (χ2v) is 2.23. The first-order valence-corrected chi connectivity index (χ1v) is 3.38. The molecule has 0 spiro atoms. The Kier molecular flexibility index (Phi) is 1.57. The van der Waals surface area contributed by atoms with Gasteiger partial charge in [0, 0.05) is 18.0 Å². The minimum absolute atomic E-state index is 0.730. The average Bonchev–Trinajstić information content (AvgIpc) is 2.58. The van der Waals surface area contributed by atoms with Gasteiger partial charge in [0.05, 0.1) is 6.67 Å². The van der Waals surface area contributed by atoms with Crippen molar-refractivity contribution in [1.82, 2.24) is 15.7 Å². The number of aromatic nitrogens is 2. The molecule has 1 aliphatic heterocycles. The van der Waals surface area contributed by atoms with Gasteiger partial charge in [-0.25, -0.2) is 0 Å². The third-order valence-corrected chi connectivity index (χ3v) is 1.47. The van der Waals surface area contributed by atoms with E-state index < -0.39 is 0 Å². The number of rotatable bonds is 1. The molecule has 0 saturated carbocycles. The summed E-state index contributed by atoms with van der Waals surface area (Å²) in [5.41, 5.74) is 0. The first kappa shape index (κ1) is 6.36. The summed E-state index contributed by atoms with van der Waals surface area (Å²) in [6.07, 6.45) is 5.48. The smallest absolute Gasteiger partial charge is 0.197 e. The Balaban J connectivity index is 2.16. The highest BCUT2D eigenvalue weighted by Crippen LogP contribution is 2.08. The summed E-state index contributed by atoms with van der Waals surface area (Å²) in [5, 5.41) is 10.3. The summed E-state index contributed by atoms with van der Waals surface area (Å²) in [6.45, 7) is 1.66. The largest absolute Gasteiger partial charge is 0.343 e. The second kappa shape index (κ2) is 2.71. The van der Waals surface area contributed by atoms with E-state index in [1.165, 1.54) is 6.26 Å². The maximum absolute atomic E-state index is 4.60. The fraction of sp³-hybridized carbons (Fsp3) is 0.333. The van der Waals surface area contributed by atoms with E-state index in [1.807, 2.05) is 17.2 Å². The summed E-state index contributed by atoms with van der Waals surface area (Å²) in [5.74, 6) is 0.730. The molecule has 0 aromatic carbocycles. The van der Waals surface area contributed by atoms with E-state index in [0.29, 0.717) is 0 Å². The van der Waals surface area contributed by atoms with Crippen molar-refractivity contribution in [3.05, 3.63) is 18.5 Å². The molecule has 5 heteroatoms. The average molecular weight is 152 g/mol. The standard InChI is InChI=1S/C6H8N4O/c1-2-7-5-10(3-1)6-4-11-9-8-6/h1,3-4,7H,2,5H2. The zero-order valence-electron chi connectivity index (χ0n) is 5.90. The zero-order chi connectivity index (χ0) is 7.52.